The first-order valence-electron chi connectivity index (χ1n) is 12.9. The third-order valence-electron chi connectivity index (χ3n) is 7.16. The summed E-state index contributed by atoms with van der Waals surface area (Å²) in [6.07, 6.45) is -3.97. The molecule has 1 fully saturated rings. The Kier molecular flexibility index (Phi) is 7.75. The topological polar surface area (TPSA) is 131 Å². The number of hydrogen-bond acceptors (Lipinski definition) is 7. The van der Waals surface area contributed by atoms with Gasteiger partial charge in [-0.15, -0.1) is 0 Å². The van der Waals surface area contributed by atoms with Crippen LogP contribution >= 0.6 is 0 Å². The molecule has 16 heteroatoms. The van der Waals surface area contributed by atoms with Gasteiger partial charge in [0.15, 0.2) is 11.5 Å². The van der Waals surface area contributed by atoms with Gasteiger partial charge in [-0.25, -0.2) is 36.7 Å². The molecule has 2 N–H and O–H groups in total. The van der Waals surface area contributed by atoms with Gasteiger partial charge in [0.2, 0.25) is 15.9 Å². The van der Waals surface area contributed by atoms with Crippen molar-refractivity contribution >= 4 is 32.8 Å². The largest absolute Gasteiger partial charge is 0.417 e. The summed E-state index contributed by atoms with van der Waals surface area (Å²) in [7, 11) is -4.48. The number of piperazine rings is 1. The molecule has 1 saturated heterocycles. The SMILES string of the molecule is C=CC(=O)N1CCN(c2nc(=O)n(-c3ccccc3S(N)(=O)=O)c3nc(-c4c(F)cccc4C(F)(F)F)c(F)cc23)[C@@H](C)C1. The number of aromatic nitrogens is 3. The van der Waals surface area contributed by atoms with Crippen LogP contribution in [0.5, 0.6) is 0 Å². The summed E-state index contributed by atoms with van der Waals surface area (Å²) in [6.45, 7) is 5.59. The number of pyridine rings is 1. The molecule has 1 atom stereocenters. The van der Waals surface area contributed by atoms with Crippen LogP contribution < -0.4 is 15.7 Å². The summed E-state index contributed by atoms with van der Waals surface area (Å²) >= 11 is 0. The summed E-state index contributed by atoms with van der Waals surface area (Å²) in [5.74, 6) is -3.27. The Hall–Kier alpha value is -4.70. The number of para-hydroxylation sites is 1. The van der Waals surface area contributed by atoms with Crippen molar-refractivity contribution < 1.29 is 35.2 Å². The highest BCUT2D eigenvalue weighted by Crippen LogP contribution is 2.40. The van der Waals surface area contributed by atoms with Gasteiger partial charge in [0.05, 0.1) is 22.2 Å². The van der Waals surface area contributed by atoms with Crippen molar-refractivity contribution in [1.82, 2.24) is 19.4 Å². The number of amides is 1. The molecule has 2 aromatic heterocycles. The Morgan fingerprint density at radius 2 is 1.77 bits per heavy atom. The Labute approximate surface area is 246 Å². The van der Waals surface area contributed by atoms with E-state index in [0.29, 0.717) is 16.7 Å². The maximum absolute atomic E-state index is 15.8. The number of carbonyl (C=O) groups is 1. The summed E-state index contributed by atoms with van der Waals surface area (Å²) < 4.78 is 98.0. The zero-order valence-electron chi connectivity index (χ0n) is 22.8. The monoisotopic (exact) mass is 634 g/mol. The number of carbonyl (C=O) groups excluding carboxylic acids is 1. The minimum atomic E-state index is -5.11. The number of hydrogen-bond donors (Lipinski definition) is 1. The molecule has 0 saturated carbocycles. The number of rotatable bonds is 5. The maximum atomic E-state index is 15.8. The number of sulfonamides is 1. The van der Waals surface area contributed by atoms with Crippen LogP contribution in [0.4, 0.5) is 27.8 Å². The van der Waals surface area contributed by atoms with Crippen LogP contribution in [-0.4, -0.2) is 59.4 Å². The van der Waals surface area contributed by atoms with E-state index in [2.05, 4.69) is 16.5 Å². The van der Waals surface area contributed by atoms with Gasteiger partial charge in [-0.3, -0.25) is 4.79 Å². The van der Waals surface area contributed by atoms with Crippen molar-refractivity contribution in [3.63, 3.8) is 0 Å². The molecule has 5 rings (SSSR count). The summed E-state index contributed by atoms with van der Waals surface area (Å²) in [4.78, 5) is 36.5. The van der Waals surface area contributed by atoms with E-state index in [1.165, 1.54) is 23.1 Å². The minimum Gasteiger partial charge on any atom is -0.350 e. The first-order chi connectivity index (χ1) is 20.6. The molecule has 2 aromatic carbocycles. The Bertz CT molecular complexity index is 2000. The Balaban J connectivity index is 1.86. The standard InChI is InChI=1S/C28H23F5N6O4S/c1-3-22(40)37-11-12-38(15(2)14-37)25-16-13-19(30)24(23-17(28(31,32)33)7-6-8-18(23)29)35-26(16)39(27(41)36-25)20-9-4-5-10-21(20)44(34,42)43/h3-10,13,15H,1,11-12,14H2,2H3,(H2,34,42,43)/t15-/m0/s1. The lowest BCUT2D eigenvalue weighted by Gasteiger charge is -2.40. The first-order valence-corrected chi connectivity index (χ1v) is 14.5. The number of benzene rings is 2. The van der Waals surface area contributed by atoms with E-state index in [0.717, 1.165) is 24.3 Å². The molecule has 1 aliphatic heterocycles. The molecule has 44 heavy (non-hydrogen) atoms. The number of alkyl halides is 3. The second kappa shape index (κ2) is 11.1. The average Bonchev–Trinajstić information content (AvgIpc) is 2.95. The Morgan fingerprint density at radius 3 is 2.41 bits per heavy atom. The molecule has 10 nitrogen and oxygen atoms in total. The number of nitrogens with two attached hydrogens (primary N) is 1. The fourth-order valence-electron chi connectivity index (χ4n) is 5.20. The average molecular weight is 635 g/mol. The second-order valence-electron chi connectivity index (χ2n) is 9.95. The van der Waals surface area contributed by atoms with Gasteiger partial charge in [-0.1, -0.05) is 24.8 Å². The molecule has 0 spiro atoms. The molecule has 1 aliphatic rings. The molecule has 230 valence electrons. The van der Waals surface area contributed by atoms with Crippen LogP contribution in [0.25, 0.3) is 28.0 Å². The van der Waals surface area contributed by atoms with Crippen molar-refractivity contribution in [2.24, 2.45) is 5.14 Å². The van der Waals surface area contributed by atoms with Gasteiger partial charge in [0, 0.05) is 25.7 Å². The fraction of sp³-hybridized carbons (Fsp3) is 0.214. The second-order valence-corrected chi connectivity index (χ2v) is 11.5. The molecular weight excluding hydrogens is 611 g/mol. The van der Waals surface area contributed by atoms with Gasteiger partial charge in [-0.2, -0.15) is 18.2 Å². The van der Waals surface area contributed by atoms with Crippen LogP contribution in [0.3, 0.4) is 0 Å². The van der Waals surface area contributed by atoms with Crippen LogP contribution in [0, 0.1) is 11.6 Å². The number of halogens is 5. The minimum absolute atomic E-state index is 0.106. The molecular formula is C28H23F5N6O4S. The predicted octanol–water partition coefficient (Wildman–Crippen LogP) is 3.62. The van der Waals surface area contributed by atoms with E-state index in [9.17, 15) is 35.6 Å². The van der Waals surface area contributed by atoms with Gasteiger partial charge in [-0.05, 0) is 43.3 Å². The predicted molar refractivity (Wildman–Crippen MR) is 150 cm³/mol. The van der Waals surface area contributed by atoms with E-state index in [1.807, 2.05) is 0 Å². The van der Waals surface area contributed by atoms with Crippen LogP contribution in [0.2, 0.25) is 0 Å². The fourth-order valence-corrected chi connectivity index (χ4v) is 5.92. The van der Waals surface area contributed by atoms with Gasteiger partial charge >= 0.3 is 11.9 Å². The van der Waals surface area contributed by atoms with E-state index >= 15 is 4.39 Å². The molecule has 0 radical (unpaired) electrons. The normalized spacial score (nSPS) is 15.9. The van der Waals surface area contributed by atoms with E-state index in [4.69, 9.17) is 5.14 Å². The van der Waals surface area contributed by atoms with Crippen molar-refractivity contribution in [3.8, 4) is 16.9 Å². The summed E-state index contributed by atoms with van der Waals surface area (Å²) in [6, 6.07) is 7.25. The van der Waals surface area contributed by atoms with Crippen molar-refractivity contribution in [2.75, 3.05) is 24.5 Å². The number of nitrogens with zero attached hydrogens (tertiary/aromatic N) is 5. The zero-order chi connectivity index (χ0) is 32.1. The maximum Gasteiger partial charge on any atom is 0.417 e. The third-order valence-corrected chi connectivity index (χ3v) is 8.11. The number of primary sulfonamides is 1. The van der Waals surface area contributed by atoms with Crippen LogP contribution in [0.1, 0.15) is 12.5 Å². The Morgan fingerprint density at radius 1 is 1.07 bits per heavy atom. The summed E-state index contributed by atoms with van der Waals surface area (Å²) in [5.41, 5.74) is -5.81. The first kappa shape index (κ1) is 30.7. The highest BCUT2D eigenvalue weighted by atomic mass is 32.2. The third kappa shape index (κ3) is 5.41. The lowest BCUT2D eigenvalue weighted by atomic mass is 10.0. The van der Waals surface area contributed by atoms with Crippen molar-refractivity contribution in [1.29, 1.82) is 0 Å². The molecule has 1 amide bonds. The van der Waals surface area contributed by atoms with Gasteiger partial charge in [0.25, 0.3) is 0 Å². The van der Waals surface area contributed by atoms with Crippen molar-refractivity contribution in [3.05, 3.63) is 88.9 Å². The van der Waals surface area contributed by atoms with Crippen molar-refractivity contribution in [2.45, 2.75) is 24.0 Å². The van der Waals surface area contributed by atoms with Crippen LogP contribution in [0.15, 0.2) is 70.9 Å². The molecule has 4 aromatic rings. The number of fused-ring (bicyclic) bond motifs is 1. The smallest absolute Gasteiger partial charge is 0.350 e. The highest BCUT2D eigenvalue weighted by molar-refractivity contribution is 7.89. The van der Waals surface area contributed by atoms with Gasteiger partial charge in [0.1, 0.15) is 22.2 Å². The quantitative estimate of drug-likeness (QED) is 0.262. The molecule has 0 bridgehead atoms. The lowest BCUT2D eigenvalue weighted by molar-refractivity contribution is -0.137. The zero-order valence-corrected chi connectivity index (χ0v) is 23.7. The van der Waals surface area contributed by atoms with E-state index in [-0.39, 0.29) is 42.4 Å². The lowest BCUT2D eigenvalue weighted by Crippen LogP contribution is -2.54. The van der Waals surface area contributed by atoms with E-state index in [1.54, 1.807) is 11.8 Å². The number of anilines is 1. The molecule has 3 heterocycles. The van der Waals surface area contributed by atoms with Gasteiger partial charge < -0.3 is 9.80 Å². The molecule has 0 aliphatic carbocycles. The van der Waals surface area contributed by atoms with Crippen LogP contribution in [-0.2, 0) is 21.0 Å². The highest BCUT2D eigenvalue weighted by Gasteiger charge is 2.37. The van der Waals surface area contributed by atoms with E-state index < -0.39 is 66.9 Å². The summed E-state index contributed by atoms with van der Waals surface area (Å²) in [5, 5.41) is 5.17. The molecule has 0 unspecified atom stereocenters.